The van der Waals surface area contributed by atoms with Crippen LogP contribution in [0.5, 0.6) is 5.75 Å². The Hall–Kier alpha value is -4.33. The molecule has 340 valence electrons. The number of ether oxygens (including phenoxy) is 2. The summed E-state index contributed by atoms with van der Waals surface area (Å²) in [6.45, 7) is 16.3. The van der Waals surface area contributed by atoms with Crippen molar-refractivity contribution < 1.29 is 33.8 Å². The number of likely N-dealkylation sites (N-methyl/N-ethyl adjacent to an activating group) is 1. The van der Waals surface area contributed by atoms with E-state index in [0.717, 1.165) is 56.2 Å². The predicted octanol–water partition coefficient (Wildman–Crippen LogP) is 8.41. The molecule has 62 heavy (non-hydrogen) atoms. The summed E-state index contributed by atoms with van der Waals surface area (Å²) in [5.41, 5.74) is 1.40. The molecule has 3 amide bonds. The van der Waals surface area contributed by atoms with Gasteiger partial charge in [0, 0.05) is 42.5 Å². The van der Waals surface area contributed by atoms with Gasteiger partial charge in [0.05, 0.1) is 12.0 Å². The first-order chi connectivity index (χ1) is 29.7. The number of rotatable bonds is 23. The van der Waals surface area contributed by atoms with Crippen LogP contribution in [0.4, 0.5) is 0 Å². The van der Waals surface area contributed by atoms with Crippen molar-refractivity contribution >= 4 is 35.0 Å². The monoisotopic (exact) mass is 874 g/mol. The van der Waals surface area contributed by atoms with Gasteiger partial charge >= 0.3 is 5.97 Å². The quantitative estimate of drug-likeness (QED) is 0.0799. The number of esters is 1. The normalized spacial score (nSPS) is 21.3. The summed E-state index contributed by atoms with van der Waals surface area (Å²) < 4.78 is 12.2. The molecule has 2 heterocycles. The van der Waals surface area contributed by atoms with Crippen LogP contribution in [0.2, 0.25) is 0 Å². The van der Waals surface area contributed by atoms with Gasteiger partial charge < -0.3 is 30.1 Å². The van der Waals surface area contributed by atoms with Gasteiger partial charge in [-0.2, -0.15) is 0 Å². The van der Waals surface area contributed by atoms with E-state index < -0.39 is 23.6 Å². The van der Waals surface area contributed by atoms with E-state index in [9.17, 15) is 24.3 Å². The van der Waals surface area contributed by atoms with Gasteiger partial charge in [0.15, 0.2) is 0 Å². The van der Waals surface area contributed by atoms with Crippen LogP contribution in [0.3, 0.4) is 0 Å². The lowest BCUT2D eigenvalue weighted by Gasteiger charge is -2.40. The lowest BCUT2D eigenvalue weighted by atomic mass is 9.92. The molecule has 3 aromatic rings. The van der Waals surface area contributed by atoms with Gasteiger partial charge in [-0.1, -0.05) is 104 Å². The molecule has 1 saturated heterocycles. The molecule has 1 aliphatic carbocycles. The number of phenolic OH excluding ortho intramolecular Hbond substituents is 1. The Morgan fingerprint density at radius 3 is 2.37 bits per heavy atom. The number of thiazole rings is 1. The minimum Gasteiger partial charge on any atom is -0.508 e. The molecule has 8 atom stereocenters. The molecular formula is C49H71N5O7S. The fourth-order valence-electron chi connectivity index (χ4n) is 8.87. The second-order valence-electron chi connectivity index (χ2n) is 18.0. The highest BCUT2D eigenvalue weighted by Crippen LogP contribution is 2.55. The summed E-state index contributed by atoms with van der Waals surface area (Å²) in [6.07, 6.45) is 6.09. The van der Waals surface area contributed by atoms with Crippen molar-refractivity contribution in [3.8, 4) is 5.75 Å². The van der Waals surface area contributed by atoms with Crippen LogP contribution in [0.1, 0.15) is 145 Å². The van der Waals surface area contributed by atoms with Crippen molar-refractivity contribution in [3.63, 3.8) is 0 Å². The highest BCUT2D eigenvalue weighted by Gasteiger charge is 2.57. The van der Waals surface area contributed by atoms with E-state index >= 15 is 0 Å². The number of piperidine rings is 1. The van der Waals surface area contributed by atoms with E-state index in [4.69, 9.17) is 14.5 Å². The molecule has 13 heteroatoms. The minimum absolute atomic E-state index is 0.0617. The molecule has 0 radical (unpaired) electrons. The Morgan fingerprint density at radius 1 is 1.00 bits per heavy atom. The van der Waals surface area contributed by atoms with Crippen LogP contribution in [-0.4, -0.2) is 94.0 Å². The van der Waals surface area contributed by atoms with E-state index in [1.54, 1.807) is 17.5 Å². The average Bonchev–Trinajstić information content (AvgIpc) is 3.71. The van der Waals surface area contributed by atoms with Crippen LogP contribution in [-0.2, 0) is 30.5 Å². The lowest BCUT2D eigenvalue weighted by Crippen LogP contribution is -2.58. The summed E-state index contributed by atoms with van der Waals surface area (Å²) in [4.78, 5) is 64.9. The van der Waals surface area contributed by atoms with Crippen molar-refractivity contribution in [2.45, 2.75) is 149 Å². The predicted molar refractivity (Wildman–Crippen MR) is 244 cm³/mol. The molecule has 1 aliphatic heterocycles. The highest BCUT2D eigenvalue weighted by molar-refractivity contribution is 7.09. The topological polar surface area (TPSA) is 150 Å². The van der Waals surface area contributed by atoms with Crippen LogP contribution < -0.4 is 10.6 Å². The lowest BCUT2D eigenvalue weighted by molar-refractivity contribution is -0.149. The standard InChI is InChI=1S/C49H71N5O7S/c1-9-24-54(47(58)43(33(6)11-3)51-45(57)40-19-15-16-25-53(40)8)41(32(4)5)27-42(60-26-10-2)46-50-39(31-62-46)44(56)52-49(29-38(49)36-20-22-37(55)23-21-36)28-34(7)48(59)61-30-35-17-13-12-14-18-35/h12-14,17-18,20-23,31-34,38,40-43,55H,9-11,15-16,19,24-30H2,1-8H3,(H,51,57)(H,52,56)/t33-,34-,38?,40+,41+,42+,43-,49?/m0/s1. The van der Waals surface area contributed by atoms with Crippen molar-refractivity contribution in [2.75, 3.05) is 26.7 Å². The number of benzene rings is 2. The van der Waals surface area contributed by atoms with E-state index in [1.165, 1.54) is 11.3 Å². The molecule has 2 fully saturated rings. The molecule has 1 saturated carbocycles. The Balaban J connectivity index is 1.35. The summed E-state index contributed by atoms with van der Waals surface area (Å²) in [5.74, 6) is -1.25. The number of nitrogens with zero attached hydrogens (tertiary/aromatic N) is 3. The van der Waals surface area contributed by atoms with E-state index in [0.29, 0.717) is 37.4 Å². The Kier molecular flexibility index (Phi) is 17.9. The third-order valence-electron chi connectivity index (χ3n) is 12.8. The van der Waals surface area contributed by atoms with Gasteiger partial charge in [-0.3, -0.25) is 24.1 Å². The molecule has 1 aromatic heterocycles. The maximum absolute atomic E-state index is 14.8. The molecule has 2 unspecified atom stereocenters. The summed E-state index contributed by atoms with van der Waals surface area (Å²) in [6, 6.07) is 15.4. The second-order valence-corrected chi connectivity index (χ2v) is 18.9. The third kappa shape index (κ3) is 12.7. The molecule has 2 aromatic carbocycles. The summed E-state index contributed by atoms with van der Waals surface area (Å²) >= 11 is 1.37. The Labute approximate surface area is 373 Å². The van der Waals surface area contributed by atoms with Gasteiger partial charge in [0.2, 0.25) is 11.8 Å². The summed E-state index contributed by atoms with van der Waals surface area (Å²) in [7, 11) is 1.98. The summed E-state index contributed by atoms with van der Waals surface area (Å²) in [5, 5.41) is 18.9. The number of amides is 3. The Morgan fingerprint density at radius 2 is 1.73 bits per heavy atom. The van der Waals surface area contributed by atoms with Gasteiger partial charge in [-0.05, 0) is 87.2 Å². The second kappa shape index (κ2) is 22.9. The highest BCUT2D eigenvalue weighted by atomic mass is 32.1. The minimum atomic E-state index is -0.723. The van der Waals surface area contributed by atoms with Crippen molar-refractivity contribution in [3.05, 3.63) is 81.8 Å². The molecule has 12 nitrogen and oxygen atoms in total. The maximum Gasteiger partial charge on any atom is 0.309 e. The molecule has 3 N–H and O–H groups in total. The van der Waals surface area contributed by atoms with E-state index in [1.807, 2.05) is 75.2 Å². The first-order valence-corrected chi connectivity index (χ1v) is 23.8. The maximum atomic E-state index is 14.8. The fraction of sp³-hybridized carbons (Fsp3) is 0.612. The number of likely N-dealkylation sites (tertiary alicyclic amines) is 1. The molecule has 5 rings (SSSR count). The molecule has 2 aliphatic rings. The number of aromatic nitrogens is 1. The molecular weight excluding hydrogens is 803 g/mol. The number of carbonyl (C=O) groups is 4. The zero-order chi connectivity index (χ0) is 45.0. The molecule has 0 bridgehead atoms. The number of aromatic hydroxyl groups is 1. The van der Waals surface area contributed by atoms with E-state index in [2.05, 4.69) is 43.2 Å². The van der Waals surface area contributed by atoms with Gasteiger partial charge in [0.25, 0.3) is 5.91 Å². The largest absolute Gasteiger partial charge is 0.508 e. The zero-order valence-electron chi connectivity index (χ0n) is 38.2. The number of hydrogen-bond acceptors (Lipinski definition) is 10. The number of carbonyl (C=O) groups excluding carboxylic acids is 4. The number of nitrogens with one attached hydrogen (secondary N) is 2. The third-order valence-corrected chi connectivity index (χ3v) is 13.7. The van der Waals surface area contributed by atoms with Crippen LogP contribution >= 0.6 is 11.3 Å². The average molecular weight is 874 g/mol. The van der Waals surface area contributed by atoms with Gasteiger partial charge in [-0.25, -0.2) is 4.98 Å². The van der Waals surface area contributed by atoms with Gasteiger partial charge in [-0.15, -0.1) is 11.3 Å². The van der Waals surface area contributed by atoms with Crippen LogP contribution in [0.25, 0.3) is 0 Å². The Bertz CT molecular complexity index is 1910. The number of hydrogen-bond donors (Lipinski definition) is 3. The number of phenols is 1. The van der Waals surface area contributed by atoms with Crippen molar-refractivity contribution in [1.82, 2.24) is 25.4 Å². The first kappa shape index (κ1) is 48.7. The van der Waals surface area contributed by atoms with Crippen molar-refractivity contribution in [2.24, 2.45) is 17.8 Å². The smallest absolute Gasteiger partial charge is 0.309 e. The SMILES string of the molecule is CCCO[C@H](C[C@H](C(C)C)N(CCC)C(=O)[C@@H](NC(=O)[C@H]1CCCCN1C)[C@@H](C)CC)c1nc(C(=O)NC2(C[C@H](C)C(=O)OCc3ccccc3)CC2c2ccc(O)cc2)cs1. The van der Waals surface area contributed by atoms with E-state index in [-0.39, 0.29) is 71.6 Å². The van der Waals surface area contributed by atoms with Crippen molar-refractivity contribution in [1.29, 1.82) is 0 Å². The van der Waals surface area contributed by atoms with Gasteiger partial charge in [0.1, 0.15) is 35.2 Å². The van der Waals surface area contributed by atoms with Crippen LogP contribution in [0.15, 0.2) is 60.0 Å². The molecule has 0 spiro atoms. The zero-order valence-corrected chi connectivity index (χ0v) is 39.0. The van der Waals surface area contributed by atoms with Crippen LogP contribution in [0, 0.1) is 17.8 Å². The first-order valence-electron chi connectivity index (χ1n) is 22.9. The fourth-order valence-corrected chi connectivity index (χ4v) is 9.73.